The first-order valence-corrected chi connectivity index (χ1v) is 13.0. The second-order valence-electron chi connectivity index (χ2n) is 10.4. The Bertz CT molecular complexity index is 1020. The number of rotatable bonds is 8. The summed E-state index contributed by atoms with van der Waals surface area (Å²) < 4.78 is 11.7. The van der Waals surface area contributed by atoms with Crippen molar-refractivity contribution in [3.8, 4) is 17.7 Å². The van der Waals surface area contributed by atoms with Crippen molar-refractivity contribution in [2.24, 2.45) is 16.8 Å². The number of hydrogen-bond acceptors (Lipinski definition) is 6. The van der Waals surface area contributed by atoms with Crippen LogP contribution in [0.5, 0.6) is 5.88 Å². The van der Waals surface area contributed by atoms with E-state index in [4.69, 9.17) is 14.5 Å². The quantitative estimate of drug-likeness (QED) is 0.255. The van der Waals surface area contributed by atoms with E-state index in [0.717, 1.165) is 61.9 Å². The van der Waals surface area contributed by atoms with E-state index in [1.165, 1.54) is 0 Å². The molecule has 4 unspecified atom stereocenters. The first kappa shape index (κ1) is 26.9. The Kier molecular flexibility index (Phi) is 9.10. The molecule has 0 radical (unpaired) electrons. The maximum absolute atomic E-state index is 12.1. The number of nitrogens with zero attached hydrogens (tertiary/aromatic N) is 3. The van der Waals surface area contributed by atoms with Gasteiger partial charge in [-0.3, -0.25) is 9.79 Å². The summed E-state index contributed by atoms with van der Waals surface area (Å²) in [5, 5.41) is 0. The van der Waals surface area contributed by atoms with Crippen molar-refractivity contribution in [2.75, 3.05) is 6.61 Å². The molecule has 4 atom stereocenters. The summed E-state index contributed by atoms with van der Waals surface area (Å²) in [5.74, 6) is 7.79. The topological polar surface area (TPSA) is 73.7 Å². The minimum absolute atomic E-state index is 0.0751. The van der Waals surface area contributed by atoms with Gasteiger partial charge in [0.15, 0.2) is 0 Å². The van der Waals surface area contributed by atoms with Crippen LogP contribution in [-0.4, -0.2) is 33.9 Å². The lowest BCUT2D eigenvalue weighted by molar-refractivity contribution is -0.144. The van der Waals surface area contributed by atoms with Crippen molar-refractivity contribution in [2.45, 2.75) is 104 Å². The van der Waals surface area contributed by atoms with Crippen molar-refractivity contribution < 1.29 is 14.3 Å². The van der Waals surface area contributed by atoms with Gasteiger partial charge in [0, 0.05) is 36.4 Å². The van der Waals surface area contributed by atoms with Crippen LogP contribution in [0.15, 0.2) is 23.6 Å². The van der Waals surface area contributed by atoms with Crippen molar-refractivity contribution in [3.05, 3.63) is 29.9 Å². The van der Waals surface area contributed by atoms with Gasteiger partial charge in [0.25, 0.3) is 0 Å². The summed E-state index contributed by atoms with van der Waals surface area (Å²) in [7, 11) is 0. The Balaban J connectivity index is 1.88. The summed E-state index contributed by atoms with van der Waals surface area (Å²) in [6.45, 7) is 12.6. The lowest BCUT2D eigenvalue weighted by Gasteiger charge is -2.38. The number of esters is 1. The number of aromatic nitrogens is 2. The van der Waals surface area contributed by atoms with E-state index < -0.39 is 5.60 Å². The van der Waals surface area contributed by atoms with Gasteiger partial charge in [-0.15, -0.1) is 11.8 Å². The van der Waals surface area contributed by atoms with Gasteiger partial charge in [-0.05, 0) is 72.1 Å². The molecule has 3 rings (SSSR count). The third-order valence-corrected chi connectivity index (χ3v) is 7.93. The molecular weight excluding hydrogens is 438 g/mol. The summed E-state index contributed by atoms with van der Waals surface area (Å²) in [5.41, 5.74) is 2.18. The minimum atomic E-state index is -0.520. The molecule has 190 valence electrons. The lowest BCUT2D eigenvalue weighted by atomic mass is 9.68. The highest BCUT2D eigenvalue weighted by Crippen LogP contribution is 2.45. The molecule has 0 N–H and O–H groups in total. The van der Waals surface area contributed by atoms with E-state index in [1.807, 2.05) is 33.0 Å². The van der Waals surface area contributed by atoms with Gasteiger partial charge in [0.2, 0.25) is 5.88 Å². The summed E-state index contributed by atoms with van der Waals surface area (Å²) in [4.78, 5) is 25.9. The van der Waals surface area contributed by atoms with Crippen LogP contribution >= 0.6 is 0 Å². The van der Waals surface area contributed by atoms with Crippen LogP contribution in [0.3, 0.4) is 0 Å². The zero-order valence-corrected chi connectivity index (χ0v) is 22.3. The number of hydrogen-bond donors (Lipinski definition) is 0. The molecule has 1 aromatic heterocycles. The van der Waals surface area contributed by atoms with E-state index in [0.29, 0.717) is 30.7 Å². The molecular formula is C29H41N3O3. The first-order valence-electron chi connectivity index (χ1n) is 13.0. The van der Waals surface area contributed by atoms with Gasteiger partial charge in [-0.2, -0.15) is 0 Å². The molecule has 2 aliphatic rings. The molecule has 0 bridgehead atoms. The van der Waals surface area contributed by atoms with Gasteiger partial charge in [-0.1, -0.05) is 19.4 Å². The Labute approximate surface area is 211 Å². The number of aliphatic imine (C=N–C) groups is 1. The smallest absolute Gasteiger partial charge is 0.306 e. The molecule has 1 fully saturated rings. The first-order chi connectivity index (χ1) is 16.7. The molecule has 35 heavy (non-hydrogen) atoms. The van der Waals surface area contributed by atoms with E-state index in [-0.39, 0.29) is 11.4 Å². The van der Waals surface area contributed by atoms with Crippen LogP contribution in [0.4, 0.5) is 0 Å². The molecule has 6 nitrogen and oxygen atoms in total. The zero-order valence-electron chi connectivity index (χ0n) is 22.3. The van der Waals surface area contributed by atoms with E-state index in [1.54, 1.807) is 6.33 Å². The number of ether oxygens (including phenoxy) is 2. The predicted octanol–water partition coefficient (Wildman–Crippen LogP) is 6.12. The van der Waals surface area contributed by atoms with E-state index in [9.17, 15) is 4.79 Å². The summed E-state index contributed by atoms with van der Waals surface area (Å²) in [6, 6.07) is 0. The highest BCUT2D eigenvalue weighted by atomic mass is 16.5. The summed E-state index contributed by atoms with van der Waals surface area (Å²) >= 11 is 0. The second-order valence-corrected chi connectivity index (χ2v) is 10.4. The molecule has 0 saturated heterocycles. The van der Waals surface area contributed by atoms with Crippen molar-refractivity contribution in [3.63, 3.8) is 0 Å². The van der Waals surface area contributed by atoms with Crippen LogP contribution in [0.1, 0.15) is 97.2 Å². The fourth-order valence-electron chi connectivity index (χ4n) is 5.54. The maximum Gasteiger partial charge on any atom is 0.306 e. The fraction of sp³-hybridized carbons (Fsp3) is 0.655. The normalized spacial score (nSPS) is 25.9. The molecule has 0 amide bonds. The highest BCUT2D eigenvalue weighted by molar-refractivity contribution is 5.91. The Morgan fingerprint density at radius 2 is 2.03 bits per heavy atom. The molecule has 0 spiro atoms. The largest absolute Gasteiger partial charge is 0.466 e. The van der Waals surface area contributed by atoms with Gasteiger partial charge in [0.05, 0.1) is 18.0 Å². The molecule has 1 saturated carbocycles. The SMILES string of the molecule is CC#CCC(C)(c1ncnc(OC2(C)CC=CN=C2C)c1C)C1CCCC(CC(=O)OCC)CC1. The zero-order chi connectivity index (χ0) is 25.5. The molecule has 2 heterocycles. The van der Waals surface area contributed by atoms with Crippen molar-refractivity contribution in [1.82, 2.24) is 9.97 Å². The predicted molar refractivity (Wildman–Crippen MR) is 139 cm³/mol. The van der Waals surface area contributed by atoms with Crippen LogP contribution in [0.2, 0.25) is 0 Å². The Morgan fingerprint density at radius 1 is 1.23 bits per heavy atom. The van der Waals surface area contributed by atoms with Crippen LogP contribution in [-0.2, 0) is 14.9 Å². The van der Waals surface area contributed by atoms with Gasteiger partial charge < -0.3 is 9.47 Å². The standard InChI is InChI=1S/C29H41N3O3/c1-7-9-16-28(5,24-13-10-12-23(14-15-24)19-25(33)34-8-2)26-21(3)27(32-20-31-26)35-29(6)17-11-18-30-22(29)4/h11,18,20,23-24H,8,10,12-17,19H2,1-6H3. The highest BCUT2D eigenvalue weighted by Gasteiger charge is 2.40. The van der Waals surface area contributed by atoms with Gasteiger partial charge in [-0.25, -0.2) is 9.97 Å². The Hall–Kier alpha value is -2.68. The van der Waals surface area contributed by atoms with E-state index in [2.05, 4.69) is 42.6 Å². The number of carbonyl (C=O) groups is 1. The monoisotopic (exact) mass is 479 g/mol. The third kappa shape index (κ3) is 6.31. The molecule has 1 aliphatic carbocycles. The summed E-state index contributed by atoms with van der Waals surface area (Å²) in [6.07, 6.45) is 12.8. The molecule has 1 aliphatic heterocycles. The van der Waals surface area contributed by atoms with Crippen molar-refractivity contribution in [1.29, 1.82) is 0 Å². The second kappa shape index (κ2) is 11.8. The fourth-order valence-corrected chi connectivity index (χ4v) is 5.54. The average Bonchev–Trinajstić information content (AvgIpc) is 3.07. The van der Waals surface area contributed by atoms with Gasteiger partial charge in [0.1, 0.15) is 11.9 Å². The third-order valence-electron chi connectivity index (χ3n) is 7.93. The Morgan fingerprint density at radius 3 is 2.74 bits per heavy atom. The maximum atomic E-state index is 12.1. The van der Waals surface area contributed by atoms with Crippen LogP contribution in [0.25, 0.3) is 0 Å². The van der Waals surface area contributed by atoms with Crippen LogP contribution in [0, 0.1) is 30.6 Å². The molecule has 0 aromatic carbocycles. The lowest BCUT2D eigenvalue weighted by Crippen LogP contribution is -2.41. The number of carbonyl (C=O) groups excluding carboxylic acids is 1. The minimum Gasteiger partial charge on any atom is -0.466 e. The average molecular weight is 480 g/mol. The molecule has 6 heteroatoms. The van der Waals surface area contributed by atoms with E-state index >= 15 is 0 Å². The van der Waals surface area contributed by atoms with Crippen molar-refractivity contribution >= 4 is 11.7 Å². The van der Waals surface area contributed by atoms with Crippen LogP contribution < -0.4 is 4.74 Å². The molecule has 1 aromatic rings. The van der Waals surface area contributed by atoms with Gasteiger partial charge >= 0.3 is 5.97 Å².